The van der Waals surface area contributed by atoms with Crippen LogP contribution in [0.4, 0.5) is 0 Å². The van der Waals surface area contributed by atoms with Crippen molar-refractivity contribution in [3.63, 3.8) is 0 Å². The Hall–Kier alpha value is -1.66. The molecule has 0 N–H and O–H groups in total. The van der Waals surface area contributed by atoms with Gasteiger partial charge >= 0.3 is 0 Å². The maximum atomic E-state index is 13.3. The molecule has 3 aromatic heterocycles. The van der Waals surface area contributed by atoms with E-state index < -0.39 is 0 Å². The molecule has 2 atom stereocenters. The molecule has 25 heavy (non-hydrogen) atoms. The lowest BCUT2D eigenvalue weighted by atomic mass is 9.78. The zero-order valence-electron chi connectivity index (χ0n) is 14.1. The predicted octanol–water partition coefficient (Wildman–Crippen LogP) is 4.92. The third-order valence-corrected chi connectivity index (χ3v) is 7.44. The molecule has 130 valence electrons. The van der Waals surface area contributed by atoms with Crippen molar-refractivity contribution >= 4 is 33.5 Å². The molecule has 3 aromatic rings. The van der Waals surface area contributed by atoms with Gasteiger partial charge in [0.1, 0.15) is 11.4 Å². The minimum absolute atomic E-state index is 0.193. The van der Waals surface area contributed by atoms with Crippen LogP contribution < -0.4 is 0 Å². The van der Waals surface area contributed by atoms with Gasteiger partial charge in [-0.15, -0.1) is 22.7 Å². The Morgan fingerprint density at radius 1 is 1.16 bits per heavy atom. The van der Waals surface area contributed by atoms with Crippen LogP contribution >= 0.6 is 22.7 Å². The van der Waals surface area contributed by atoms with Crippen molar-refractivity contribution in [1.29, 1.82) is 0 Å². The summed E-state index contributed by atoms with van der Waals surface area (Å²) in [5.41, 5.74) is 1.74. The van der Waals surface area contributed by atoms with E-state index >= 15 is 0 Å². The summed E-state index contributed by atoms with van der Waals surface area (Å²) in [6, 6.07) is 4.57. The summed E-state index contributed by atoms with van der Waals surface area (Å²) < 4.78 is 1.99. The number of rotatable bonds is 2. The van der Waals surface area contributed by atoms with E-state index in [0.29, 0.717) is 12.0 Å². The van der Waals surface area contributed by atoms with Crippen molar-refractivity contribution in [2.24, 2.45) is 5.92 Å². The highest BCUT2D eigenvalue weighted by molar-refractivity contribution is 7.15. The van der Waals surface area contributed by atoms with Gasteiger partial charge in [0, 0.05) is 24.2 Å². The van der Waals surface area contributed by atoms with E-state index in [1.54, 1.807) is 22.7 Å². The molecule has 1 aliphatic heterocycles. The summed E-state index contributed by atoms with van der Waals surface area (Å²) in [6.45, 7) is 0.907. The van der Waals surface area contributed by atoms with Gasteiger partial charge in [-0.1, -0.05) is 18.9 Å². The monoisotopic (exact) mass is 371 g/mol. The van der Waals surface area contributed by atoms with Crippen molar-refractivity contribution < 1.29 is 4.79 Å². The molecule has 2 unspecified atom stereocenters. The Bertz CT molecular complexity index is 893. The molecule has 1 amide bonds. The molecule has 2 fully saturated rings. The fourth-order valence-electron chi connectivity index (χ4n) is 4.50. The summed E-state index contributed by atoms with van der Waals surface area (Å²) >= 11 is 3.25. The normalized spacial score (nSPS) is 23.8. The van der Waals surface area contributed by atoms with Gasteiger partial charge in [-0.2, -0.15) is 0 Å². The van der Waals surface area contributed by atoms with E-state index in [1.807, 2.05) is 22.0 Å². The number of carbonyl (C=O) groups is 1. The average Bonchev–Trinajstić information content (AvgIpc) is 3.36. The van der Waals surface area contributed by atoms with Crippen LogP contribution in [0.15, 0.2) is 29.1 Å². The number of aromatic nitrogens is 2. The first-order chi connectivity index (χ1) is 12.3. The van der Waals surface area contributed by atoms with Crippen LogP contribution in [-0.4, -0.2) is 32.8 Å². The number of imidazole rings is 1. The lowest BCUT2D eigenvalue weighted by molar-refractivity contribution is 0.0384. The topological polar surface area (TPSA) is 37.6 Å². The first kappa shape index (κ1) is 15.6. The number of carbonyl (C=O) groups excluding carboxylic acids is 1. The van der Waals surface area contributed by atoms with E-state index in [0.717, 1.165) is 34.2 Å². The Labute approximate surface area is 155 Å². The Balaban J connectivity index is 1.48. The number of amides is 1. The Morgan fingerprint density at radius 3 is 2.92 bits per heavy atom. The predicted molar refractivity (Wildman–Crippen MR) is 102 cm³/mol. The smallest absolute Gasteiger partial charge is 0.272 e. The standard InChI is InChI=1S/C19H21N3OS2/c23-18(21-9-3-6-13-5-1-2-7-15(13)21)16-12-25-19-20-14(11-22(16)19)17-8-4-10-24-17/h4,8,10-13,15H,1-3,5-7,9H2. The molecule has 5 rings (SSSR count). The molecule has 0 spiro atoms. The van der Waals surface area contributed by atoms with Crippen molar-refractivity contribution in [3.8, 4) is 10.6 Å². The van der Waals surface area contributed by atoms with Crippen molar-refractivity contribution in [2.75, 3.05) is 6.54 Å². The molecule has 1 aliphatic carbocycles. The molecule has 0 bridgehead atoms. The lowest BCUT2D eigenvalue weighted by Gasteiger charge is -2.44. The van der Waals surface area contributed by atoms with Gasteiger partial charge in [0.05, 0.1) is 4.88 Å². The molecular formula is C19H21N3OS2. The van der Waals surface area contributed by atoms with Crippen molar-refractivity contribution in [2.45, 2.75) is 44.6 Å². The number of hydrogen-bond acceptors (Lipinski definition) is 4. The molecule has 2 aliphatic rings. The number of nitrogens with zero attached hydrogens (tertiary/aromatic N) is 3. The van der Waals surface area contributed by atoms with E-state index in [4.69, 9.17) is 4.98 Å². The number of thiazole rings is 1. The second kappa shape index (κ2) is 6.25. The second-order valence-electron chi connectivity index (χ2n) is 7.13. The van der Waals surface area contributed by atoms with Gasteiger partial charge in [-0.3, -0.25) is 9.20 Å². The first-order valence-corrected chi connectivity index (χ1v) is 10.9. The zero-order valence-corrected chi connectivity index (χ0v) is 15.7. The van der Waals surface area contributed by atoms with E-state index in [2.05, 4.69) is 16.3 Å². The third kappa shape index (κ3) is 2.62. The first-order valence-electron chi connectivity index (χ1n) is 9.13. The average molecular weight is 372 g/mol. The molecule has 4 heterocycles. The number of piperidine rings is 1. The fraction of sp³-hybridized carbons (Fsp3) is 0.474. The molecule has 1 saturated heterocycles. The highest BCUT2D eigenvalue weighted by Crippen LogP contribution is 2.36. The number of thiophene rings is 1. The Morgan fingerprint density at radius 2 is 2.04 bits per heavy atom. The minimum Gasteiger partial charge on any atom is -0.334 e. The third-order valence-electron chi connectivity index (χ3n) is 5.71. The van der Waals surface area contributed by atoms with Gasteiger partial charge in [0.25, 0.3) is 5.91 Å². The van der Waals surface area contributed by atoms with Crippen LogP contribution in [0.3, 0.4) is 0 Å². The summed E-state index contributed by atoms with van der Waals surface area (Å²) in [7, 11) is 0. The summed E-state index contributed by atoms with van der Waals surface area (Å²) in [5, 5.41) is 4.04. The van der Waals surface area contributed by atoms with Crippen LogP contribution in [-0.2, 0) is 0 Å². The van der Waals surface area contributed by atoms with Gasteiger partial charge in [-0.25, -0.2) is 4.98 Å². The van der Waals surface area contributed by atoms with E-state index in [1.165, 1.54) is 32.1 Å². The van der Waals surface area contributed by atoms with Gasteiger partial charge in [-0.05, 0) is 43.0 Å². The van der Waals surface area contributed by atoms with E-state index in [-0.39, 0.29) is 5.91 Å². The van der Waals surface area contributed by atoms with Gasteiger partial charge in [0.15, 0.2) is 4.96 Å². The minimum atomic E-state index is 0.193. The molecule has 0 radical (unpaired) electrons. The van der Waals surface area contributed by atoms with Crippen LogP contribution in [0.25, 0.3) is 15.5 Å². The SMILES string of the molecule is O=C(c1csc2nc(-c3cccs3)cn12)N1CCCC2CCCCC21. The Kier molecular flexibility index (Phi) is 3.90. The second-order valence-corrected chi connectivity index (χ2v) is 8.91. The molecule has 6 heteroatoms. The van der Waals surface area contributed by atoms with Gasteiger partial charge in [0.2, 0.25) is 0 Å². The van der Waals surface area contributed by atoms with Crippen molar-refractivity contribution in [3.05, 3.63) is 34.8 Å². The van der Waals surface area contributed by atoms with Crippen molar-refractivity contribution in [1.82, 2.24) is 14.3 Å². The maximum Gasteiger partial charge on any atom is 0.272 e. The number of fused-ring (bicyclic) bond motifs is 2. The van der Waals surface area contributed by atoms with Crippen LogP contribution in [0, 0.1) is 5.92 Å². The van der Waals surface area contributed by atoms with Crippen LogP contribution in [0.2, 0.25) is 0 Å². The molecule has 1 saturated carbocycles. The largest absolute Gasteiger partial charge is 0.334 e. The number of hydrogen-bond donors (Lipinski definition) is 0. The fourth-order valence-corrected chi connectivity index (χ4v) is 6.03. The summed E-state index contributed by atoms with van der Waals surface area (Å²) in [4.78, 5) is 22.2. The van der Waals surface area contributed by atoms with Gasteiger partial charge < -0.3 is 4.90 Å². The number of likely N-dealkylation sites (tertiary alicyclic amines) is 1. The lowest BCUT2D eigenvalue weighted by Crippen LogP contribution is -2.49. The molecule has 0 aromatic carbocycles. The highest BCUT2D eigenvalue weighted by atomic mass is 32.1. The molecule has 4 nitrogen and oxygen atoms in total. The van der Waals surface area contributed by atoms with Crippen LogP contribution in [0.1, 0.15) is 49.0 Å². The summed E-state index contributed by atoms with van der Waals surface area (Å²) in [5.74, 6) is 0.906. The highest BCUT2D eigenvalue weighted by Gasteiger charge is 2.36. The zero-order chi connectivity index (χ0) is 16.8. The summed E-state index contributed by atoms with van der Waals surface area (Å²) in [6.07, 6.45) is 9.52. The van der Waals surface area contributed by atoms with E-state index in [9.17, 15) is 4.79 Å². The molecular weight excluding hydrogens is 350 g/mol. The van der Waals surface area contributed by atoms with Crippen LogP contribution in [0.5, 0.6) is 0 Å². The quantitative estimate of drug-likeness (QED) is 0.641. The maximum absolute atomic E-state index is 13.3.